The molecule has 0 bridgehead atoms. The lowest BCUT2D eigenvalue weighted by atomic mass is 10.0. The minimum atomic E-state index is -0.698. The van der Waals surface area contributed by atoms with Crippen LogP contribution in [0.5, 0.6) is 0 Å². The van der Waals surface area contributed by atoms with Gasteiger partial charge in [0.05, 0.1) is 34.2 Å². The van der Waals surface area contributed by atoms with Gasteiger partial charge in [0.25, 0.3) is 0 Å². The van der Waals surface area contributed by atoms with E-state index in [1.807, 2.05) is 14.0 Å². The van der Waals surface area contributed by atoms with Crippen LogP contribution < -0.4 is 5.32 Å². The van der Waals surface area contributed by atoms with Gasteiger partial charge < -0.3 is 15.1 Å². The Balaban J connectivity index is 1.73. The molecule has 0 unspecified atom stereocenters. The number of piperidine rings is 1. The van der Waals surface area contributed by atoms with E-state index in [1.54, 1.807) is 17.0 Å². The SMILES string of the molecule is C[C@H](NC(=O)N(C)C1CCN(C)CC1)c1ccc(-c2cncc(F)n2)c(Cl)c1Cl. The van der Waals surface area contributed by atoms with Crippen LogP contribution in [-0.4, -0.2) is 59.0 Å². The van der Waals surface area contributed by atoms with Crippen molar-refractivity contribution in [2.75, 3.05) is 27.2 Å². The number of hydrogen-bond donors (Lipinski definition) is 1. The van der Waals surface area contributed by atoms with E-state index in [4.69, 9.17) is 23.2 Å². The Bertz CT molecular complexity index is 889. The van der Waals surface area contributed by atoms with Gasteiger partial charge in [-0.3, -0.25) is 4.98 Å². The minimum Gasteiger partial charge on any atom is -0.331 e. The van der Waals surface area contributed by atoms with E-state index < -0.39 is 5.95 Å². The second-order valence-electron chi connectivity index (χ2n) is 7.37. The van der Waals surface area contributed by atoms with Crippen LogP contribution >= 0.6 is 23.2 Å². The number of likely N-dealkylation sites (tertiary alicyclic amines) is 1. The fourth-order valence-electron chi connectivity index (χ4n) is 3.48. The molecule has 2 aromatic rings. The highest BCUT2D eigenvalue weighted by Gasteiger charge is 2.26. The zero-order valence-corrected chi connectivity index (χ0v) is 18.1. The standard InChI is InChI=1S/C20H24Cl2FN5O/c1-12(25-20(29)28(3)13-6-8-27(2)9-7-13)14-4-5-15(19(22)18(14)21)16-10-24-11-17(23)26-16/h4-5,10-13H,6-9H2,1-3H3,(H,25,29)/t12-/m0/s1. The first kappa shape index (κ1) is 21.7. The zero-order chi connectivity index (χ0) is 21.1. The summed E-state index contributed by atoms with van der Waals surface area (Å²) >= 11 is 12.9. The van der Waals surface area contributed by atoms with Crippen molar-refractivity contribution in [1.29, 1.82) is 0 Å². The van der Waals surface area contributed by atoms with Crippen molar-refractivity contribution in [2.45, 2.75) is 31.8 Å². The molecule has 1 aliphatic heterocycles. The number of nitrogens with one attached hydrogen (secondary N) is 1. The first-order chi connectivity index (χ1) is 13.8. The number of halogens is 3. The summed E-state index contributed by atoms with van der Waals surface area (Å²) in [7, 11) is 3.90. The Morgan fingerprint density at radius 2 is 1.97 bits per heavy atom. The van der Waals surface area contributed by atoms with Crippen LogP contribution in [0.3, 0.4) is 0 Å². The molecule has 1 N–H and O–H groups in total. The Morgan fingerprint density at radius 1 is 1.28 bits per heavy atom. The van der Waals surface area contributed by atoms with Crippen molar-refractivity contribution in [3.63, 3.8) is 0 Å². The number of rotatable bonds is 4. The molecular weight excluding hydrogens is 416 g/mol. The summed E-state index contributed by atoms with van der Waals surface area (Å²) in [5.74, 6) is -0.698. The molecule has 0 radical (unpaired) electrons. The summed E-state index contributed by atoms with van der Waals surface area (Å²) in [6.07, 6.45) is 4.34. The fraction of sp³-hybridized carbons (Fsp3) is 0.450. The lowest BCUT2D eigenvalue weighted by Gasteiger charge is -2.35. The van der Waals surface area contributed by atoms with Crippen molar-refractivity contribution in [2.24, 2.45) is 0 Å². The number of urea groups is 1. The van der Waals surface area contributed by atoms with Crippen LogP contribution in [0, 0.1) is 5.95 Å². The van der Waals surface area contributed by atoms with Crippen LogP contribution in [0.15, 0.2) is 24.5 Å². The summed E-state index contributed by atoms with van der Waals surface area (Å²) in [6.45, 7) is 3.80. The summed E-state index contributed by atoms with van der Waals surface area (Å²) in [5, 5.41) is 3.52. The molecular formula is C20H24Cl2FN5O. The highest BCUT2D eigenvalue weighted by atomic mass is 35.5. The van der Waals surface area contributed by atoms with Gasteiger partial charge in [-0.05, 0) is 45.5 Å². The normalized spacial score (nSPS) is 16.5. The molecule has 2 amide bonds. The maximum Gasteiger partial charge on any atom is 0.317 e. The molecule has 2 heterocycles. The monoisotopic (exact) mass is 439 g/mol. The third kappa shape index (κ3) is 4.97. The smallest absolute Gasteiger partial charge is 0.317 e. The van der Waals surface area contributed by atoms with Gasteiger partial charge in [-0.15, -0.1) is 0 Å². The van der Waals surface area contributed by atoms with Crippen LogP contribution in [-0.2, 0) is 0 Å². The first-order valence-electron chi connectivity index (χ1n) is 9.45. The quantitative estimate of drug-likeness (QED) is 0.767. The van der Waals surface area contributed by atoms with E-state index in [2.05, 4.69) is 27.2 Å². The molecule has 1 aromatic heterocycles. The first-order valence-corrected chi connectivity index (χ1v) is 10.2. The van der Waals surface area contributed by atoms with E-state index in [0.29, 0.717) is 21.8 Å². The molecule has 1 aliphatic rings. The maximum absolute atomic E-state index is 13.4. The summed E-state index contributed by atoms with van der Waals surface area (Å²) in [6, 6.07) is 3.17. The van der Waals surface area contributed by atoms with E-state index >= 15 is 0 Å². The second-order valence-corrected chi connectivity index (χ2v) is 8.13. The van der Waals surface area contributed by atoms with Gasteiger partial charge in [-0.2, -0.15) is 4.39 Å². The molecule has 1 atom stereocenters. The number of carbonyl (C=O) groups is 1. The number of benzene rings is 1. The predicted octanol–water partition coefficient (Wildman–Crippen LogP) is 4.39. The van der Waals surface area contributed by atoms with Gasteiger partial charge in [0.2, 0.25) is 5.95 Å². The molecule has 1 fully saturated rings. The van der Waals surface area contributed by atoms with Crippen molar-refractivity contribution in [1.82, 2.24) is 25.1 Å². The van der Waals surface area contributed by atoms with Gasteiger partial charge in [-0.25, -0.2) is 9.78 Å². The summed E-state index contributed by atoms with van der Waals surface area (Å²) in [4.78, 5) is 24.3. The third-order valence-corrected chi connectivity index (χ3v) is 6.25. The topological polar surface area (TPSA) is 61.4 Å². The Kier molecular flexibility index (Phi) is 6.93. The molecule has 0 spiro atoms. The highest BCUT2D eigenvalue weighted by Crippen LogP contribution is 2.37. The number of carbonyl (C=O) groups excluding carboxylic acids is 1. The number of nitrogens with zero attached hydrogens (tertiary/aromatic N) is 4. The van der Waals surface area contributed by atoms with E-state index in [-0.39, 0.29) is 23.1 Å². The summed E-state index contributed by atoms with van der Waals surface area (Å²) < 4.78 is 13.4. The van der Waals surface area contributed by atoms with Gasteiger partial charge in [-0.1, -0.05) is 35.3 Å². The molecule has 1 saturated heterocycles. The van der Waals surface area contributed by atoms with Gasteiger partial charge >= 0.3 is 6.03 Å². The average Bonchev–Trinajstić information content (AvgIpc) is 2.69. The molecule has 6 nitrogen and oxygen atoms in total. The van der Waals surface area contributed by atoms with Gasteiger partial charge in [0.15, 0.2) is 0 Å². The van der Waals surface area contributed by atoms with E-state index in [1.165, 1.54) is 6.20 Å². The Hall–Kier alpha value is -1.96. The van der Waals surface area contributed by atoms with Crippen LogP contribution in [0.25, 0.3) is 11.3 Å². The highest BCUT2D eigenvalue weighted by molar-refractivity contribution is 6.44. The third-order valence-electron chi connectivity index (χ3n) is 5.36. The fourth-order valence-corrected chi connectivity index (χ4v) is 4.08. The molecule has 0 aliphatic carbocycles. The molecule has 3 rings (SSSR count). The molecule has 1 aromatic carbocycles. The van der Waals surface area contributed by atoms with E-state index in [9.17, 15) is 9.18 Å². The predicted molar refractivity (Wildman–Crippen MR) is 113 cm³/mol. The second kappa shape index (κ2) is 9.24. The number of amides is 2. The van der Waals surface area contributed by atoms with Crippen molar-refractivity contribution >= 4 is 29.2 Å². The van der Waals surface area contributed by atoms with Crippen molar-refractivity contribution in [3.8, 4) is 11.3 Å². The van der Waals surface area contributed by atoms with Crippen molar-refractivity contribution in [3.05, 3.63) is 46.1 Å². The van der Waals surface area contributed by atoms with Gasteiger partial charge in [0, 0.05) is 18.7 Å². The zero-order valence-electron chi connectivity index (χ0n) is 16.6. The van der Waals surface area contributed by atoms with Crippen LogP contribution in [0.4, 0.5) is 9.18 Å². The largest absolute Gasteiger partial charge is 0.331 e. The van der Waals surface area contributed by atoms with Crippen molar-refractivity contribution < 1.29 is 9.18 Å². The summed E-state index contributed by atoms with van der Waals surface area (Å²) in [5.41, 5.74) is 1.45. The van der Waals surface area contributed by atoms with E-state index in [0.717, 1.165) is 32.1 Å². The lowest BCUT2D eigenvalue weighted by Crippen LogP contribution is -2.48. The van der Waals surface area contributed by atoms with Crippen LogP contribution in [0.1, 0.15) is 31.4 Å². The molecule has 9 heteroatoms. The number of hydrogen-bond acceptors (Lipinski definition) is 4. The average molecular weight is 440 g/mol. The molecule has 29 heavy (non-hydrogen) atoms. The molecule has 0 saturated carbocycles. The molecule has 156 valence electrons. The van der Waals surface area contributed by atoms with Gasteiger partial charge in [0.1, 0.15) is 0 Å². The Labute approximate surface area is 180 Å². The van der Waals surface area contributed by atoms with Crippen LogP contribution in [0.2, 0.25) is 10.0 Å². The lowest BCUT2D eigenvalue weighted by molar-refractivity contribution is 0.146. The maximum atomic E-state index is 13.4. The number of aromatic nitrogens is 2. The minimum absolute atomic E-state index is 0.153. The Morgan fingerprint density at radius 3 is 2.62 bits per heavy atom.